The summed E-state index contributed by atoms with van der Waals surface area (Å²) in [7, 11) is 0. The minimum absolute atomic E-state index is 0.00531. The second-order valence-electron chi connectivity index (χ2n) is 10.0. The number of rotatable bonds is 6. The van der Waals surface area contributed by atoms with Crippen LogP contribution in [0.2, 0.25) is 0 Å². The number of hydrogen-bond donors (Lipinski definition) is 2. The first kappa shape index (κ1) is 23.4. The SMILES string of the molecule is NC(=O)CC(c1ccc2c(c1)OCO2)c1oc(CN2CC3CC(C2)c2cccc(=O)n2C3)cc(=O)c1O. The smallest absolute Gasteiger partial charge is 0.250 e. The molecule has 5 heterocycles. The minimum Gasteiger partial charge on any atom is -0.502 e. The highest BCUT2D eigenvalue weighted by molar-refractivity contribution is 5.75. The van der Waals surface area contributed by atoms with Crippen molar-refractivity contribution >= 4 is 5.91 Å². The fraction of sp³-hybridized carbons (Fsp3) is 0.370. The second kappa shape index (κ2) is 9.11. The lowest BCUT2D eigenvalue weighted by molar-refractivity contribution is -0.118. The van der Waals surface area contributed by atoms with Crippen molar-refractivity contribution in [1.82, 2.24) is 9.47 Å². The van der Waals surface area contributed by atoms with Gasteiger partial charge in [-0.25, -0.2) is 0 Å². The van der Waals surface area contributed by atoms with Gasteiger partial charge in [-0.2, -0.15) is 0 Å². The Morgan fingerprint density at radius 3 is 2.76 bits per heavy atom. The summed E-state index contributed by atoms with van der Waals surface area (Å²) in [5, 5.41) is 10.7. The third-order valence-electron chi connectivity index (χ3n) is 7.46. The van der Waals surface area contributed by atoms with Crippen LogP contribution in [-0.4, -0.2) is 40.4 Å². The third kappa shape index (κ3) is 4.37. The van der Waals surface area contributed by atoms with Crippen molar-refractivity contribution < 1.29 is 23.8 Å². The number of pyridine rings is 1. The van der Waals surface area contributed by atoms with Gasteiger partial charge in [0, 0.05) is 49.8 Å². The number of nitrogens with zero attached hydrogens (tertiary/aromatic N) is 2. The molecule has 1 saturated heterocycles. The maximum absolute atomic E-state index is 12.8. The number of primary amides is 1. The van der Waals surface area contributed by atoms with E-state index in [2.05, 4.69) is 4.90 Å². The van der Waals surface area contributed by atoms with E-state index in [1.165, 1.54) is 6.07 Å². The van der Waals surface area contributed by atoms with Gasteiger partial charge in [0.25, 0.3) is 5.56 Å². The molecule has 10 heteroatoms. The average molecular weight is 506 g/mol. The van der Waals surface area contributed by atoms with Gasteiger partial charge in [-0.1, -0.05) is 12.1 Å². The Kier molecular flexibility index (Phi) is 5.75. The molecule has 3 unspecified atom stereocenters. The second-order valence-corrected chi connectivity index (χ2v) is 10.0. The molecule has 0 aliphatic carbocycles. The number of aromatic nitrogens is 1. The molecule has 0 spiro atoms. The fourth-order valence-electron chi connectivity index (χ4n) is 5.91. The Bertz CT molecular complexity index is 1490. The van der Waals surface area contributed by atoms with E-state index in [1.54, 1.807) is 30.3 Å². The van der Waals surface area contributed by atoms with Crippen LogP contribution in [0.15, 0.2) is 56.5 Å². The highest BCUT2D eigenvalue weighted by Gasteiger charge is 2.35. The average Bonchev–Trinajstić information content (AvgIpc) is 3.33. The Labute approximate surface area is 211 Å². The lowest BCUT2D eigenvalue weighted by Gasteiger charge is -2.42. The largest absolute Gasteiger partial charge is 0.502 e. The summed E-state index contributed by atoms with van der Waals surface area (Å²) >= 11 is 0. The number of carbonyl (C=O) groups excluding carboxylic acids is 1. The van der Waals surface area contributed by atoms with E-state index < -0.39 is 23.0 Å². The van der Waals surface area contributed by atoms with Crippen molar-refractivity contribution in [3.05, 3.63) is 85.8 Å². The zero-order valence-corrected chi connectivity index (χ0v) is 20.1. The van der Waals surface area contributed by atoms with Crippen LogP contribution < -0.4 is 26.2 Å². The van der Waals surface area contributed by atoms with Crippen molar-refractivity contribution in [3.63, 3.8) is 0 Å². The predicted octanol–water partition coefficient (Wildman–Crippen LogP) is 1.86. The summed E-state index contributed by atoms with van der Waals surface area (Å²) in [4.78, 5) is 39.3. The lowest BCUT2D eigenvalue weighted by atomic mass is 9.83. The molecule has 37 heavy (non-hydrogen) atoms. The van der Waals surface area contributed by atoms with E-state index >= 15 is 0 Å². The number of piperidine rings is 1. The summed E-state index contributed by atoms with van der Waals surface area (Å²) in [6, 6.07) is 11.8. The van der Waals surface area contributed by atoms with Crippen molar-refractivity contribution in [1.29, 1.82) is 0 Å². The zero-order chi connectivity index (χ0) is 25.7. The molecule has 0 saturated carbocycles. The Hall–Kier alpha value is -4.05. The number of amides is 1. The van der Waals surface area contributed by atoms with Crippen LogP contribution in [0.5, 0.6) is 17.2 Å². The zero-order valence-electron chi connectivity index (χ0n) is 20.1. The summed E-state index contributed by atoms with van der Waals surface area (Å²) in [6.07, 6.45) is 0.842. The molecular formula is C27H27N3O7. The summed E-state index contributed by atoms with van der Waals surface area (Å²) < 4.78 is 18.8. The van der Waals surface area contributed by atoms with Gasteiger partial charge in [-0.05, 0) is 36.1 Å². The Morgan fingerprint density at radius 2 is 1.92 bits per heavy atom. The first-order valence-corrected chi connectivity index (χ1v) is 12.3. The Balaban J connectivity index is 1.31. The highest BCUT2D eigenvalue weighted by Crippen LogP contribution is 2.40. The van der Waals surface area contributed by atoms with Gasteiger partial charge in [0.2, 0.25) is 23.9 Å². The molecule has 3 aromatic rings. The van der Waals surface area contributed by atoms with E-state index in [0.717, 1.165) is 18.7 Å². The van der Waals surface area contributed by atoms with Crippen LogP contribution in [0.3, 0.4) is 0 Å². The lowest BCUT2D eigenvalue weighted by Crippen LogP contribution is -2.46. The Morgan fingerprint density at radius 1 is 1.08 bits per heavy atom. The van der Waals surface area contributed by atoms with E-state index in [1.807, 2.05) is 10.6 Å². The molecule has 6 rings (SSSR count). The van der Waals surface area contributed by atoms with Crippen molar-refractivity contribution in [2.24, 2.45) is 11.7 Å². The first-order chi connectivity index (χ1) is 17.9. The molecule has 3 aliphatic heterocycles. The van der Waals surface area contributed by atoms with Crippen molar-refractivity contribution in [3.8, 4) is 17.2 Å². The first-order valence-electron chi connectivity index (χ1n) is 12.3. The van der Waals surface area contributed by atoms with Gasteiger partial charge in [0.1, 0.15) is 5.76 Å². The quantitative estimate of drug-likeness (QED) is 0.518. The van der Waals surface area contributed by atoms with Gasteiger partial charge < -0.3 is 29.3 Å². The predicted molar refractivity (Wildman–Crippen MR) is 132 cm³/mol. The van der Waals surface area contributed by atoms with E-state index in [4.69, 9.17) is 19.6 Å². The molecule has 1 amide bonds. The minimum atomic E-state index is -0.779. The number of aromatic hydroxyl groups is 1. The monoisotopic (exact) mass is 505 g/mol. The molecule has 1 fully saturated rings. The maximum Gasteiger partial charge on any atom is 0.250 e. The molecule has 3 aliphatic rings. The van der Waals surface area contributed by atoms with Crippen LogP contribution in [0, 0.1) is 5.92 Å². The van der Waals surface area contributed by atoms with E-state index in [0.29, 0.717) is 48.4 Å². The van der Waals surface area contributed by atoms with Crippen LogP contribution >= 0.6 is 0 Å². The highest BCUT2D eigenvalue weighted by atomic mass is 16.7. The molecule has 0 radical (unpaired) electrons. The normalized spacial score (nSPS) is 20.9. The van der Waals surface area contributed by atoms with Gasteiger partial charge in [-0.15, -0.1) is 0 Å². The number of benzene rings is 1. The molecule has 2 aromatic heterocycles. The van der Waals surface area contributed by atoms with Crippen molar-refractivity contribution in [2.75, 3.05) is 19.9 Å². The van der Waals surface area contributed by atoms with E-state index in [9.17, 15) is 19.5 Å². The molecule has 3 atom stereocenters. The molecule has 10 nitrogen and oxygen atoms in total. The van der Waals surface area contributed by atoms with Crippen LogP contribution in [0.25, 0.3) is 0 Å². The van der Waals surface area contributed by atoms with Crippen LogP contribution in [0.4, 0.5) is 0 Å². The molecule has 2 bridgehead atoms. The molecular weight excluding hydrogens is 478 g/mol. The van der Waals surface area contributed by atoms with E-state index in [-0.39, 0.29) is 30.5 Å². The summed E-state index contributed by atoms with van der Waals surface area (Å²) in [5.41, 5.74) is 6.61. The van der Waals surface area contributed by atoms with Crippen molar-refractivity contribution in [2.45, 2.75) is 37.8 Å². The topological polar surface area (TPSA) is 137 Å². The molecule has 192 valence electrons. The molecule has 3 N–H and O–H groups in total. The van der Waals surface area contributed by atoms with Gasteiger partial charge in [-0.3, -0.25) is 19.3 Å². The number of nitrogens with two attached hydrogens (primary N) is 1. The van der Waals surface area contributed by atoms with Crippen LogP contribution in [0.1, 0.15) is 47.5 Å². The summed E-state index contributed by atoms with van der Waals surface area (Å²) in [5.74, 6) is 0.0488. The summed E-state index contributed by atoms with van der Waals surface area (Å²) in [6.45, 7) is 2.58. The standard InChI is InChI=1S/C27H27N3O7/c28-24(32)9-19(16-4-5-22-23(7-16)36-14-35-22)27-26(34)21(31)8-18(37-27)13-29-10-15-6-17(12-29)20-2-1-3-25(33)30(20)11-15/h1-5,7-8,15,17,19,34H,6,9-14H2,(H2,28,32). The van der Waals surface area contributed by atoms with Gasteiger partial charge in [0.15, 0.2) is 17.3 Å². The number of likely N-dealkylation sites (tertiary alicyclic amines) is 1. The maximum atomic E-state index is 12.8. The molecule has 1 aromatic carbocycles. The van der Waals surface area contributed by atoms with Gasteiger partial charge >= 0.3 is 0 Å². The van der Waals surface area contributed by atoms with Crippen LogP contribution in [-0.2, 0) is 17.9 Å². The number of carbonyl (C=O) groups is 1. The fourth-order valence-corrected chi connectivity index (χ4v) is 5.91. The van der Waals surface area contributed by atoms with Gasteiger partial charge in [0.05, 0.1) is 12.5 Å². The third-order valence-corrected chi connectivity index (χ3v) is 7.46. The number of fused-ring (bicyclic) bond motifs is 5. The number of ether oxygens (including phenoxy) is 2. The number of hydrogen-bond acceptors (Lipinski definition) is 8.